The molecule has 0 aliphatic heterocycles. The van der Waals surface area contributed by atoms with Gasteiger partial charge in [-0.25, -0.2) is 4.98 Å². The molecule has 0 spiro atoms. The van der Waals surface area contributed by atoms with Crippen LogP contribution in [0.5, 0.6) is 0 Å². The van der Waals surface area contributed by atoms with Gasteiger partial charge in [-0.2, -0.15) is 0 Å². The second-order valence-electron chi connectivity index (χ2n) is 3.63. The van der Waals surface area contributed by atoms with Crippen LogP contribution < -0.4 is 0 Å². The molecule has 1 aromatic rings. The van der Waals surface area contributed by atoms with Crippen LogP contribution in [0.3, 0.4) is 0 Å². The topological polar surface area (TPSA) is 21.1 Å². The third-order valence-electron chi connectivity index (χ3n) is 2.51. The van der Waals surface area contributed by atoms with Gasteiger partial charge in [0.1, 0.15) is 0 Å². The molecule has 0 fully saturated rings. The van der Waals surface area contributed by atoms with E-state index in [9.17, 15) is 0 Å². The Bertz CT molecular complexity index is 236. The van der Waals surface area contributed by atoms with Gasteiger partial charge in [-0.3, -0.25) is 0 Å². The number of alkyl halides is 1. The summed E-state index contributed by atoms with van der Waals surface area (Å²) in [5.74, 6) is 0. The lowest BCUT2D eigenvalue weighted by Gasteiger charge is -2.19. The smallest absolute Gasteiger partial charge is 0.0945 e. The van der Waals surface area contributed by atoms with Crippen molar-refractivity contribution in [1.82, 2.24) is 14.5 Å². The van der Waals surface area contributed by atoms with Gasteiger partial charge in [-0.15, -0.1) is 0 Å². The minimum absolute atomic E-state index is 1.07. The van der Waals surface area contributed by atoms with Crippen LogP contribution >= 0.6 is 15.9 Å². The lowest BCUT2D eigenvalue weighted by Crippen LogP contribution is -2.26. The molecular weight excluding hydrogens is 254 g/mol. The fraction of sp³-hybridized carbons (Fsp3) is 0.727. The number of halogens is 1. The van der Waals surface area contributed by atoms with Gasteiger partial charge in [-0.1, -0.05) is 22.9 Å². The second kappa shape index (κ2) is 7.88. The normalized spacial score (nSPS) is 11.1. The molecule has 1 aromatic heterocycles. The Balaban J connectivity index is 2.11. The standard InChI is InChI=1S/C11H20BrN3/c1-2-14(7-3-5-12)8-4-9-15-10-6-13-11-15/h6,10-11H,2-5,7-9H2,1H3. The SMILES string of the molecule is CCN(CCCBr)CCCn1ccnc1. The summed E-state index contributed by atoms with van der Waals surface area (Å²) in [6.07, 6.45) is 8.18. The largest absolute Gasteiger partial charge is 0.337 e. The minimum atomic E-state index is 1.07. The molecule has 0 amide bonds. The molecule has 15 heavy (non-hydrogen) atoms. The zero-order valence-electron chi connectivity index (χ0n) is 9.40. The Hall–Kier alpha value is -0.350. The zero-order valence-corrected chi connectivity index (χ0v) is 11.0. The first kappa shape index (κ1) is 12.7. The maximum atomic E-state index is 4.03. The Kier molecular flexibility index (Phi) is 6.68. The molecule has 0 saturated heterocycles. The monoisotopic (exact) mass is 273 g/mol. The van der Waals surface area contributed by atoms with E-state index in [0.717, 1.165) is 18.4 Å². The first-order valence-corrected chi connectivity index (χ1v) is 6.73. The number of hydrogen-bond acceptors (Lipinski definition) is 2. The molecule has 3 nitrogen and oxygen atoms in total. The van der Waals surface area contributed by atoms with Crippen LogP contribution in [-0.2, 0) is 6.54 Å². The maximum Gasteiger partial charge on any atom is 0.0945 e. The van der Waals surface area contributed by atoms with Crippen molar-refractivity contribution in [3.63, 3.8) is 0 Å². The average Bonchev–Trinajstić information content (AvgIpc) is 2.76. The highest BCUT2D eigenvalue weighted by molar-refractivity contribution is 9.09. The number of hydrogen-bond donors (Lipinski definition) is 0. The van der Waals surface area contributed by atoms with E-state index in [1.54, 1.807) is 0 Å². The van der Waals surface area contributed by atoms with Crippen LogP contribution in [0.1, 0.15) is 19.8 Å². The van der Waals surface area contributed by atoms with Gasteiger partial charge in [0, 0.05) is 24.3 Å². The van der Waals surface area contributed by atoms with Crippen LogP contribution in [-0.4, -0.2) is 39.4 Å². The number of nitrogens with zero attached hydrogens (tertiary/aromatic N) is 3. The summed E-state index contributed by atoms with van der Waals surface area (Å²) >= 11 is 3.47. The molecule has 1 heterocycles. The van der Waals surface area contributed by atoms with Gasteiger partial charge in [0.15, 0.2) is 0 Å². The highest BCUT2D eigenvalue weighted by Crippen LogP contribution is 1.98. The Morgan fingerprint density at radius 1 is 1.33 bits per heavy atom. The van der Waals surface area contributed by atoms with Gasteiger partial charge in [0.2, 0.25) is 0 Å². The third kappa shape index (κ3) is 5.33. The fourth-order valence-electron chi connectivity index (χ4n) is 1.61. The van der Waals surface area contributed by atoms with Gasteiger partial charge in [-0.05, 0) is 32.5 Å². The van der Waals surface area contributed by atoms with Gasteiger partial charge < -0.3 is 9.47 Å². The highest BCUT2D eigenvalue weighted by Gasteiger charge is 2.00. The molecule has 0 unspecified atom stereocenters. The van der Waals surface area contributed by atoms with Crippen LogP contribution in [0.25, 0.3) is 0 Å². The number of rotatable bonds is 8. The molecule has 0 aliphatic carbocycles. The van der Waals surface area contributed by atoms with E-state index in [1.165, 1.54) is 25.9 Å². The minimum Gasteiger partial charge on any atom is -0.337 e. The van der Waals surface area contributed by atoms with Crippen LogP contribution in [0, 0.1) is 0 Å². The molecule has 0 radical (unpaired) electrons. The molecule has 0 aliphatic rings. The molecule has 0 N–H and O–H groups in total. The third-order valence-corrected chi connectivity index (χ3v) is 3.07. The quantitative estimate of drug-likeness (QED) is 0.679. The van der Waals surface area contributed by atoms with Crippen molar-refractivity contribution in [2.45, 2.75) is 26.3 Å². The molecule has 0 saturated carbocycles. The lowest BCUT2D eigenvalue weighted by atomic mass is 10.3. The van der Waals surface area contributed by atoms with E-state index in [1.807, 2.05) is 18.7 Å². The molecule has 1 rings (SSSR count). The van der Waals surface area contributed by atoms with E-state index >= 15 is 0 Å². The summed E-state index contributed by atoms with van der Waals surface area (Å²) in [6.45, 7) is 6.83. The first-order valence-electron chi connectivity index (χ1n) is 5.61. The van der Waals surface area contributed by atoms with Gasteiger partial charge >= 0.3 is 0 Å². The average molecular weight is 274 g/mol. The summed E-state index contributed by atoms with van der Waals surface area (Å²) in [5.41, 5.74) is 0. The fourth-order valence-corrected chi connectivity index (χ4v) is 1.86. The molecule has 86 valence electrons. The van der Waals surface area contributed by atoms with Crippen molar-refractivity contribution in [1.29, 1.82) is 0 Å². The molecular formula is C11H20BrN3. The zero-order chi connectivity index (χ0) is 10.9. The molecule has 0 atom stereocenters. The van der Waals surface area contributed by atoms with E-state index in [2.05, 4.69) is 37.3 Å². The summed E-state index contributed by atoms with van der Waals surface area (Å²) in [7, 11) is 0. The van der Waals surface area contributed by atoms with Gasteiger partial charge in [0.05, 0.1) is 6.33 Å². The van der Waals surface area contributed by atoms with Gasteiger partial charge in [0.25, 0.3) is 0 Å². The Morgan fingerprint density at radius 2 is 2.13 bits per heavy atom. The second-order valence-corrected chi connectivity index (χ2v) is 4.42. The Labute approximate surface area is 101 Å². The molecule has 0 aromatic carbocycles. The summed E-state index contributed by atoms with van der Waals surface area (Å²) < 4.78 is 2.14. The summed E-state index contributed by atoms with van der Waals surface area (Å²) in [5, 5.41) is 1.10. The van der Waals surface area contributed by atoms with Crippen molar-refractivity contribution in [3.8, 4) is 0 Å². The predicted molar refractivity (Wildman–Crippen MR) is 67.4 cm³/mol. The Morgan fingerprint density at radius 3 is 2.73 bits per heavy atom. The van der Waals surface area contributed by atoms with Crippen LogP contribution in [0.2, 0.25) is 0 Å². The predicted octanol–water partition coefficient (Wildman–Crippen LogP) is 2.38. The van der Waals surface area contributed by atoms with Crippen LogP contribution in [0.4, 0.5) is 0 Å². The highest BCUT2D eigenvalue weighted by atomic mass is 79.9. The van der Waals surface area contributed by atoms with E-state index in [4.69, 9.17) is 0 Å². The number of aryl methyl sites for hydroxylation is 1. The van der Waals surface area contributed by atoms with Crippen molar-refractivity contribution < 1.29 is 0 Å². The first-order chi connectivity index (χ1) is 7.36. The van der Waals surface area contributed by atoms with E-state index in [-0.39, 0.29) is 0 Å². The van der Waals surface area contributed by atoms with Crippen molar-refractivity contribution >= 4 is 15.9 Å². The van der Waals surface area contributed by atoms with E-state index < -0.39 is 0 Å². The molecule has 4 heteroatoms. The van der Waals surface area contributed by atoms with E-state index in [0.29, 0.717) is 0 Å². The van der Waals surface area contributed by atoms with Crippen LogP contribution in [0.15, 0.2) is 18.7 Å². The van der Waals surface area contributed by atoms with Crippen molar-refractivity contribution in [2.75, 3.05) is 25.0 Å². The van der Waals surface area contributed by atoms with Crippen molar-refractivity contribution in [3.05, 3.63) is 18.7 Å². The number of aromatic nitrogens is 2. The molecule has 0 bridgehead atoms. The summed E-state index contributed by atoms with van der Waals surface area (Å²) in [6, 6.07) is 0. The van der Waals surface area contributed by atoms with Crippen molar-refractivity contribution in [2.24, 2.45) is 0 Å². The maximum absolute atomic E-state index is 4.03. The lowest BCUT2D eigenvalue weighted by molar-refractivity contribution is 0.280. The summed E-state index contributed by atoms with van der Waals surface area (Å²) in [4.78, 5) is 6.53. The number of imidazole rings is 1.